The van der Waals surface area contributed by atoms with Crippen molar-refractivity contribution in [1.29, 1.82) is 0 Å². The Hall–Kier alpha value is -9.07. The Kier molecular flexibility index (Phi) is 38.8. The SMILES string of the molecule is CC[C@H](C)[C@@H]([C@@H](CC(=O)N1CCCC[C@H]1[C@H](OC)[C@@H](C)C(=O)NC(Cc1ccccc1)C(=O)NCCc1ccc(NC(=O)[C@@H](CCCNC(N)=O)NC(=O)C(NC(=O)C2O[C@H](CNC(=O)C3O[C@H](CNC(=O)CCCCCN4C(=O)C=CC4=O)C(O)C3O)C(O)C2O)C(C)C)cc1)OC)N(C)C(=O)C(NC(=O)C(C(C)C)N(C)C)C(C)C. The van der Waals surface area contributed by atoms with E-state index in [1.54, 1.807) is 61.9 Å². The summed E-state index contributed by atoms with van der Waals surface area (Å²) in [5.41, 5.74) is 7.13. The Labute approximate surface area is 685 Å². The van der Waals surface area contributed by atoms with E-state index in [1.807, 2.05) is 90.9 Å². The molecule has 3 saturated heterocycles. The van der Waals surface area contributed by atoms with E-state index < -0.39 is 181 Å². The Bertz CT molecular complexity index is 3660. The third-order valence-corrected chi connectivity index (χ3v) is 22.3. The van der Waals surface area contributed by atoms with Gasteiger partial charge in [-0.1, -0.05) is 118 Å². The first-order valence-corrected chi connectivity index (χ1v) is 40.8. The Balaban J connectivity index is 1.02. The maximum absolute atomic E-state index is 14.8. The molecule has 35 heteroatoms. The molecule has 652 valence electrons. The van der Waals surface area contributed by atoms with E-state index in [2.05, 4.69) is 47.9 Å². The van der Waals surface area contributed by atoms with Gasteiger partial charge in [-0.2, -0.15) is 0 Å². The number of rotatable bonds is 46. The van der Waals surface area contributed by atoms with Crippen LogP contribution < -0.4 is 53.6 Å². The van der Waals surface area contributed by atoms with E-state index in [9.17, 15) is 82.8 Å². The lowest BCUT2D eigenvalue weighted by molar-refractivity contribution is -0.151. The molecule has 2 aromatic carbocycles. The summed E-state index contributed by atoms with van der Waals surface area (Å²) in [5.74, 6) is -8.35. The summed E-state index contributed by atoms with van der Waals surface area (Å²) in [6, 6.07) is 8.95. The van der Waals surface area contributed by atoms with Crippen molar-refractivity contribution >= 4 is 82.6 Å². The lowest BCUT2D eigenvalue weighted by Gasteiger charge is -2.43. The average Bonchev–Trinajstić information content (AvgIpc) is 1.76. The van der Waals surface area contributed by atoms with Gasteiger partial charge in [0.15, 0.2) is 12.2 Å². The number of aliphatic hydroxyl groups is 4. The molecule has 19 atom stereocenters. The first kappa shape index (κ1) is 96.8. The van der Waals surface area contributed by atoms with Crippen LogP contribution in [0.4, 0.5) is 10.5 Å². The molecule has 6 rings (SSSR count). The highest BCUT2D eigenvalue weighted by Crippen LogP contribution is 2.31. The minimum Gasteiger partial charge on any atom is -0.388 e. The monoisotopic (exact) mass is 1640 g/mol. The van der Waals surface area contributed by atoms with Crippen LogP contribution in [0.3, 0.4) is 0 Å². The molecule has 0 aliphatic carbocycles. The second-order valence-corrected chi connectivity index (χ2v) is 32.2. The molecule has 4 heterocycles. The number of anilines is 1. The second kappa shape index (κ2) is 46.9. The van der Waals surface area contributed by atoms with E-state index >= 15 is 0 Å². The van der Waals surface area contributed by atoms with Crippen molar-refractivity contribution in [3.05, 3.63) is 77.9 Å². The Morgan fingerprint density at radius 3 is 1.79 bits per heavy atom. The highest BCUT2D eigenvalue weighted by atomic mass is 16.6. The average molecular weight is 1650 g/mol. The molecule has 2 aromatic rings. The Morgan fingerprint density at radius 1 is 0.607 bits per heavy atom. The normalized spacial score (nSPS) is 22.6. The number of primary amides is 1. The molecule has 3 fully saturated rings. The molecule has 0 radical (unpaired) electrons. The number of likely N-dealkylation sites (tertiary alicyclic amines) is 1. The van der Waals surface area contributed by atoms with E-state index in [-0.39, 0.29) is 93.8 Å². The number of benzene rings is 2. The summed E-state index contributed by atoms with van der Waals surface area (Å²) in [6.45, 7) is 16.5. The van der Waals surface area contributed by atoms with Crippen LogP contribution >= 0.6 is 0 Å². The largest absolute Gasteiger partial charge is 0.388 e. The van der Waals surface area contributed by atoms with Crippen LogP contribution in [0.15, 0.2) is 66.7 Å². The van der Waals surface area contributed by atoms with E-state index in [1.165, 1.54) is 26.4 Å². The van der Waals surface area contributed by atoms with Crippen LogP contribution in [0.25, 0.3) is 0 Å². The zero-order valence-electron chi connectivity index (χ0n) is 70.1. The van der Waals surface area contributed by atoms with Gasteiger partial charge in [0.05, 0.1) is 42.7 Å². The number of methoxy groups -OCH3 is 2. The summed E-state index contributed by atoms with van der Waals surface area (Å²) < 4.78 is 23.6. The maximum atomic E-state index is 14.8. The highest BCUT2D eigenvalue weighted by molar-refractivity contribution is 6.13. The van der Waals surface area contributed by atoms with Crippen molar-refractivity contribution in [3.8, 4) is 0 Å². The molecule has 0 bridgehead atoms. The predicted molar refractivity (Wildman–Crippen MR) is 431 cm³/mol. The van der Waals surface area contributed by atoms with E-state index in [0.29, 0.717) is 57.2 Å². The third-order valence-electron chi connectivity index (χ3n) is 22.3. The number of nitrogens with two attached hydrogens (primary N) is 1. The summed E-state index contributed by atoms with van der Waals surface area (Å²) in [6.07, 6.45) is -7.57. The minimum atomic E-state index is -1.87. The lowest BCUT2D eigenvalue weighted by Crippen LogP contribution is -2.60. The van der Waals surface area contributed by atoms with Crippen molar-refractivity contribution in [2.45, 2.75) is 249 Å². The number of piperidine rings is 1. The molecule has 117 heavy (non-hydrogen) atoms. The summed E-state index contributed by atoms with van der Waals surface area (Å²) in [4.78, 5) is 181. The van der Waals surface area contributed by atoms with Gasteiger partial charge in [-0.3, -0.25) is 67.3 Å². The number of aliphatic hydroxyl groups excluding tert-OH is 4. The van der Waals surface area contributed by atoms with Gasteiger partial charge >= 0.3 is 6.03 Å². The van der Waals surface area contributed by atoms with Crippen molar-refractivity contribution in [2.75, 3.05) is 79.9 Å². The van der Waals surface area contributed by atoms with Gasteiger partial charge in [0, 0.05) is 91.2 Å². The van der Waals surface area contributed by atoms with Crippen molar-refractivity contribution in [2.24, 2.45) is 35.3 Å². The number of hydrogen-bond acceptors (Lipinski definition) is 22. The standard InChI is InChI=1S/C82H128N14O21/c1-15-48(8)66(94(12)81(112)64(46(4)5)92-78(109)65(47(6)7)93(10)11)56(114-13)42-62(100)95-39-23-21-28-55(95)71(115-14)49(9)74(105)90-54(41-51-25-18-16-19-26-51)75(106)84-38-36-50-30-32-52(33-31-50)88-76(107)53(27-24-37-85-82(83)113)89-77(108)63(45(2)3)91-80(111)73-70(104)68(102)58(117-73)44-87-79(110)72-69(103)67(101)57(116-72)43-86-59(97)29-20-17-22-40-96-60(98)34-35-61(96)99/h16,18-19,25-26,30-35,45-49,53-58,63-73,101-104H,15,17,20-24,27-29,36-44H2,1-14H3,(H,84,106)(H,86,97)(H,87,110)(H,88,107)(H,89,108)(H,90,105)(H,91,111)(H,92,109)(H3,83,85,113)/t48-,49+,53+,54?,55-,56+,57+,58+,63?,64?,65?,66-,67?,68?,69?,70?,71+,72?,73?/m0/s1. The van der Waals surface area contributed by atoms with E-state index in [4.69, 9.17) is 24.7 Å². The van der Waals surface area contributed by atoms with Crippen LogP contribution in [-0.4, -0.2) is 295 Å². The molecule has 10 unspecified atom stereocenters. The molecule has 0 spiro atoms. The fraction of sp³-hybridized carbons (Fsp3) is 0.671. The molecule has 35 nitrogen and oxygen atoms in total. The number of hydrogen-bond donors (Lipinski definition) is 14. The molecular formula is C82H128N14O21. The zero-order chi connectivity index (χ0) is 86.7. The van der Waals surface area contributed by atoms with Crippen LogP contribution in [-0.2, 0) is 89.3 Å². The van der Waals surface area contributed by atoms with Gasteiger partial charge in [-0.15, -0.1) is 0 Å². The number of nitrogens with one attached hydrogen (secondary N) is 9. The van der Waals surface area contributed by atoms with Gasteiger partial charge in [-0.05, 0) is 112 Å². The van der Waals surface area contributed by atoms with Crippen molar-refractivity contribution in [3.63, 3.8) is 0 Å². The second-order valence-electron chi connectivity index (χ2n) is 32.2. The number of unbranched alkanes of at least 4 members (excludes halogenated alkanes) is 2. The first-order valence-electron chi connectivity index (χ1n) is 40.8. The molecule has 4 aliphatic heterocycles. The third kappa shape index (κ3) is 27.8. The van der Waals surface area contributed by atoms with Crippen LogP contribution in [0.5, 0.6) is 0 Å². The number of ether oxygens (including phenoxy) is 4. The summed E-state index contributed by atoms with van der Waals surface area (Å²) >= 11 is 0. The first-order chi connectivity index (χ1) is 55.4. The quantitative estimate of drug-likeness (QED) is 0.0302. The number of carbonyl (C=O) groups excluding carboxylic acids is 13. The van der Waals surface area contributed by atoms with Crippen LogP contribution in [0.2, 0.25) is 0 Å². The number of likely N-dealkylation sites (N-methyl/N-ethyl adjacent to an activating group) is 2. The van der Waals surface area contributed by atoms with Crippen LogP contribution in [0, 0.1) is 29.6 Å². The zero-order valence-corrected chi connectivity index (χ0v) is 70.1. The number of imide groups is 1. The van der Waals surface area contributed by atoms with Gasteiger partial charge < -0.3 is 103 Å². The summed E-state index contributed by atoms with van der Waals surface area (Å²) in [7, 11) is 8.37. The molecule has 15 N–H and O–H groups in total. The van der Waals surface area contributed by atoms with Crippen molar-refractivity contribution in [1.82, 2.24) is 62.1 Å². The topological polar surface area (TPSA) is 487 Å². The molecular weight excluding hydrogens is 1520 g/mol. The number of urea groups is 1. The fourth-order valence-corrected chi connectivity index (χ4v) is 15.5. The number of nitrogens with zero attached hydrogens (tertiary/aromatic N) is 4. The molecule has 14 amide bonds. The van der Waals surface area contributed by atoms with E-state index in [0.717, 1.165) is 22.4 Å². The number of amides is 14. The maximum Gasteiger partial charge on any atom is 0.312 e. The molecule has 4 aliphatic rings. The van der Waals surface area contributed by atoms with Crippen LogP contribution in [0.1, 0.15) is 144 Å². The number of carbonyl (C=O) groups is 13. The molecule has 0 aromatic heterocycles. The van der Waals surface area contributed by atoms with Gasteiger partial charge in [0.2, 0.25) is 47.3 Å². The van der Waals surface area contributed by atoms with Gasteiger partial charge in [0.1, 0.15) is 60.8 Å². The highest BCUT2D eigenvalue weighted by Gasteiger charge is 2.51. The fourth-order valence-electron chi connectivity index (χ4n) is 15.5. The summed E-state index contributed by atoms with van der Waals surface area (Å²) in [5, 5.41) is 67.9. The Morgan fingerprint density at radius 2 is 1.21 bits per heavy atom. The lowest BCUT2D eigenvalue weighted by atomic mass is 9.87. The predicted octanol–water partition coefficient (Wildman–Crippen LogP) is -0.181. The minimum absolute atomic E-state index is 0.0222. The molecule has 0 saturated carbocycles. The van der Waals surface area contributed by atoms with Gasteiger partial charge in [-0.25, -0.2) is 4.79 Å². The van der Waals surface area contributed by atoms with Gasteiger partial charge in [0.25, 0.3) is 23.6 Å². The van der Waals surface area contributed by atoms with Crippen molar-refractivity contribution < 1.29 is 102 Å². The smallest absolute Gasteiger partial charge is 0.312 e.